The molecule has 2 rings (SSSR count). The van der Waals surface area contributed by atoms with Crippen LogP contribution < -0.4 is 21.3 Å². The first kappa shape index (κ1) is 19.8. The van der Waals surface area contributed by atoms with Crippen molar-refractivity contribution in [2.45, 2.75) is 44.7 Å². The van der Waals surface area contributed by atoms with Gasteiger partial charge in [-0.3, -0.25) is 14.8 Å². The van der Waals surface area contributed by atoms with Gasteiger partial charge >= 0.3 is 0 Å². The molecule has 1 saturated carbocycles. The highest BCUT2D eigenvalue weighted by Crippen LogP contribution is 2.24. The first-order chi connectivity index (χ1) is 12.3. The summed E-state index contributed by atoms with van der Waals surface area (Å²) in [6.07, 6.45) is 3.60. The van der Waals surface area contributed by atoms with Gasteiger partial charge in [-0.25, -0.2) is 5.48 Å². The third-order valence-corrected chi connectivity index (χ3v) is 4.23. The van der Waals surface area contributed by atoms with Crippen molar-refractivity contribution in [2.75, 3.05) is 6.61 Å². The monoisotopic (exact) mass is 359 g/mol. The van der Waals surface area contributed by atoms with Crippen LogP contribution in [0, 0.1) is 17.8 Å². The van der Waals surface area contributed by atoms with E-state index < -0.39 is 23.4 Å². The Balaban J connectivity index is 1.92. The van der Waals surface area contributed by atoms with E-state index in [1.54, 1.807) is 38.1 Å². The molecule has 0 saturated heterocycles. The van der Waals surface area contributed by atoms with E-state index in [9.17, 15) is 9.59 Å². The smallest absolute Gasteiger partial charge is 0.267 e. The number of benzene rings is 1. The maximum absolute atomic E-state index is 12.3. The van der Waals surface area contributed by atoms with Crippen LogP contribution in [0.4, 0.5) is 0 Å². The summed E-state index contributed by atoms with van der Waals surface area (Å²) >= 11 is 0. The molecule has 0 aromatic heterocycles. The predicted molar refractivity (Wildman–Crippen MR) is 96.5 cm³/mol. The van der Waals surface area contributed by atoms with Gasteiger partial charge in [0.25, 0.3) is 11.8 Å². The molecule has 26 heavy (non-hydrogen) atoms. The minimum atomic E-state index is -1.09. The highest BCUT2D eigenvalue weighted by molar-refractivity contribution is 5.97. The second-order valence-corrected chi connectivity index (χ2v) is 6.97. The minimum absolute atomic E-state index is 0.308. The fourth-order valence-corrected chi connectivity index (χ4v) is 2.43. The van der Waals surface area contributed by atoms with Gasteiger partial charge in [-0.2, -0.15) is 0 Å². The number of ether oxygens (including phenoxy) is 1. The Morgan fingerprint density at radius 2 is 2.00 bits per heavy atom. The molecule has 7 heteroatoms. The molecule has 1 aromatic carbocycles. The minimum Gasteiger partial charge on any atom is -0.481 e. The van der Waals surface area contributed by atoms with E-state index >= 15 is 0 Å². The van der Waals surface area contributed by atoms with Gasteiger partial charge in [0.2, 0.25) is 0 Å². The summed E-state index contributed by atoms with van der Waals surface area (Å²) in [5, 5.41) is 11.3. The lowest BCUT2D eigenvalue weighted by Gasteiger charge is -2.29. The summed E-state index contributed by atoms with van der Waals surface area (Å²) in [7, 11) is 0. The van der Waals surface area contributed by atoms with Gasteiger partial charge in [-0.1, -0.05) is 18.3 Å². The number of nitrogens with one attached hydrogen (secondary N) is 2. The van der Waals surface area contributed by atoms with Gasteiger partial charge in [0.15, 0.2) is 0 Å². The average Bonchev–Trinajstić information content (AvgIpc) is 2.56. The van der Waals surface area contributed by atoms with E-state index in [4.69, 9.17) is 15.7 Å². The summed E-state index contributed by atoms with van der Waals surface area (Å²) < 4.78 is 5.53. The molecule has 5 N–H and O–H groups in total. The summed E-state index contributed by atoms with van der Waals surface area (Å²) in [4.78, 5) is 24.0. The van der Waals surface area contributed by atoms with Crippen LogP contribution in [0.25, 0.3) is 0 Å². The molecule has 7 nitrogen and oxygen atoms in total. The van der Waals surface area contributed by atoms with Crippen LogP contribution in [0.5, 0.6) is 5.75 Å². The Bertz CT molecular complexity index is 694. The van der Waals surface area contributed by atoms with Gasteiger partial charge in [-0.15, -0.1) is 0 Å². The van der Waals surface area contributed by atoms with Crippen molar-refractivity contribution in [1.82, 2.24) is 10.8 Å². The Labute approximate surface area is 153 Å². The van der Waals surface area contributed by atoms with E-state index in [0.29, 0.717) is 23.8 Å². The molecule has 140 valence electrons. The molecule has 0 heterocycles. The molecular formula is C19H25N3O4. The van der Waals surface area contributed by atoms with Crippen LogP contribution in [0.2, 0.25) is 0 Å². The number of hydrogen-bond acceptors (Lipinski definition) is 5. The molecule has 2 amide bonds. The van der Waals surface area contributed by atoms with Crippen molar-refractivity contribution in [2.24, 2.45) is 11.7 Å². The predicted octanol–water partition coefficient (Wildman–Crippen LogP) is 1.21. The largest absolute Gasteiger partial charge is 0.481 e. The molecule has 1 aromatic rings. The van der Waals surface area contributed by atoms with Crippen LogP contribution in [0.1, 0.15) is 43.5 Å². The van der Waals surface area contributed by atoms with Crippen LogP contribution in [-0.4, -0.2) is 35.2 Å². The average molecular weight is 359 g/mol. The zero-order chi connectivity index (χ0) is 19.2. The van der Waals surface area contributed by atoms with Crippen molar-refractivity contribution < 1.29 is 19.5 Å². The van der Waals surface area contributed by atoms with E-state index in [1.165, 1.54) is 24.7 Å². The number of carbonyl (C=O) groups excluding carboxylic acids is 2. The number of carbonyl (C=O) groups is 2. The molecule has 1 aliphatic rings. The van der Waals surface area contributed by atoms with Gasteiger partial charge in [0.05, 0.1) is 0 Å². The zero-order valence-electron chi connectivity index (χ0n) is 15.0. The van der Waals surface area contributed by atoms with Gasteiger partial charge in [0, 0.05) is 17.0 Å². The first-order valence-corrected chi connectivity index (χ1v) is 8.56. The molecule has 1 fully saturated rings. The first-order valence-electron chi connectivity index (χ1n) is 8.56. The van der Waals surface area contributed by atoms with Crippen molar-refractivity contribution >= 4 is 11.8 Å². The molecule has 0 radical (unpaired) electrons. The van der Waals surface area contributed by atoms with Crippen molar-refractivity contribution in [3.8, 4) is 17.6 Å². The van der Waals surface area contributed by atoms with E-state index in [-0.39, 0.29) is 0 Å². The van der Waals surface area contributed by atoms with E-state index in [1.807, 2.05) is 0 Å². The lowest BCUT2D eigenvalue weighted by atomic mass is 9.86. The molecule has 0 bridgehead atoms. The van der Waals surface area contributed by atoms with Crippen molar-refractivity contribution in [3.05, 3.63) is 29.8 Å². The normalized spacial score (nSPS) is 15.1. The SMILES string of the molecule is CC(C)(N)[C@H](NC(=O)c1ccc(OCC#CC2CCC2)cc1)C(=O)NO. The number of amides is 2. The highest BCUT2D eigenvalue weighted by atomic mass is 16.5. The fourth-order valence-electron chi connectivity index (χ4n) is 2.43. The van der Waals surface area contributed by atoms with Gasteiger partial charge in [-0.05, 0) is 51.0 Å². The summed E-state index contributed by atoms with van der Waals surface area (Å²) in [5.74, 6) is 6.02. The Morgan fingerprint density at radius 3 is 2.50 bits per heavy atom. The van der Waals surface area contributed by atoms with E-state index in [2.05, 4.69) is 17.2 Å². The molecular weight excluding hydrogens is 334 g/mol. The quantitative estimate of drug-likeness (QED) is 0.346. The second-order valence-electron chi connectivity index (χ2n) is 6.97. The van der Waals surface area contributed by atoms with Crippen LogP contribution in [0.3, 0.4) is 0 Å². The molecule has 1 aliphatic carbocycles. The number of rotatable bonds is 6. The highest BCUT2D eigenvalue weighted by Gasteiger charge is 2.33. The number of nitrogens with two attached hydrogens (primary N) is 1. The zero-order valence-corrected chi connectivity index (χ0v) is 15.0. The van der Waals surface area contributed by atoms with Gasteiger partial charge < -0.3 is 15.8 Å². The maximum Gasteiger partial charge on any atom is 0.267 e. The molecule has 1 atom stereocenters. The van der Waals surface area contributed by atoms with Crippen molar-refractivity contribution in [3.63, 3.8) is 0 Å². The maximum atomic E-state index is 12.3. The molecule has 0 spiro atoms. The topological polar surface area (TPSA) is 114 Å². The lowest BCUT2D eigenvalue weighted by molar-refractivity contribution is -0.132. The fraction of sp³-hybridized carbons (Fsp3) is 0.474. The van der Waals surface area contributed by atoms with Crippen molar-refractivity contribution in [1.29, 1.82) is 0 Å². The Hall–Kier alpha value is -2.56. The Morgan fingerprint density at radius 1 is 1.35 bits per heavy atom. The number of hydrogen-bond donors (Lipinski definition) is 4. The van der Waals surface area contributed by atoms with Crippen LogP contribution in [0.15, 0.2) is 24.3 Å². The summed E-state index contributed by atoms with van der Waals surface area (Å²) in [6, 6.07) is 5.41. The standard InChI is InChI=1S/C19H25N3O4/c1-19(2,20)16(18(24)22-25)21-17(23)14-8-10-15(11-9-14)26-12-4-7-13-5-3-6-13/h8-11,13,16,25H,3,5-6,12,20H2,1-2H3,(H,21,23)(H,22,24)/t16-/m1/s1. The van der Waals surface area contributed by atoms with Gasteiger partial charge in [0.1, 0.15) is 18.4 Å². The number of hydroxylamine groups is 1. The van der Waals surface area contributed by atoms with E-state index in [0.717, 1.165) is 0 Å². The lowest BCUT2D eigenvalue weighted by Crippen LogP contribution is -2.61. The summed E-state index contributed by atoms with van der Waals surface area (Å²) in [6.45, 7) is 3.46. The van der Waals surface area contributed by atoms with Crippen LogP contribution >= 0.6 is 0 Å². The molecule has 0 unspecified atom stereocenters. The third kappa shape index (κ3) is 5.48. The van der Waals surface area contributed by atoms with Crippen LogP contribution in [-0.2, 0) is 4.79 Å². The Kier molecular flexibility index (Phi) is 6.61. The summed E-state index contributed by atoms with van der Waals surface area (Å²) in [5.41, 5.74) is 6.70. The third-order valence-electron chi connectivity index (χ3n) is 4.23. The molecule has 0 aliphatic heterocycles. The second kappa shape index (κ2) is 8.70.